The molecule has 0 aliphatic carbocycles. The summed E-state index contributed by atoms with van der Waals surface area (Å²) in [5.41, 5.74) is 3.68. The maximum Gasteiger partial charge on any atom is 0.262 e. The van der Waals surface area contributed by atoms with Crippen LogP contribution in [0.15, 0.2) is 59.1 Å². The fourth-order valence-corrected chi connectivity index (χ4v) is 3.45. The van der Waals surface area contributed by atoms with Gasteiger partial charge in [-0.15, -0.1) is 0 Å². The minimum atomic E-state index is -0.321. The van der Waals surface area contributed by atoms with Gasteiger partial charge in [-0.05, 0) is 37.5 Å². The summed E-state index contributed by atoms with van der Waals surface area (Å²) < 4.78 is 15.9. The SMILES string of the molecule is COc1cc(CCc2cc(NC(=O)c3c(-c4ccccc4)noc3C)n[nH]2)cc(OC)c1. The monoisotopic (exact) mass is 432 g/mol. The molecule has 0 saturated carbocycles. The summed E-state index contributed by atoms with van der Waals surface area (Å²) in [6, 6.07) is 17.1. The highest BCUT2D eigenvalue weighted by molar-refractivity contribution is 6.08. The standard InChI is InChI=1S/C24H24N4O4/c1-15-22(23(28-32-15)17-7-5-4-6-8-17)24(29)25-21-13-18(26-27-21)10-9-16-11-19(30-2)14-20(12-16)31-3/h4-8,11-14H,9-10H2,1-3H3,(H2,25,26,27,29). The number of benzene rings is 2. The fraction of sp³-hybridized carbons (Fsp3) is 0.208. The zero-order valence-electron chi connectivity index (χ0n) is 18.1. The van der Waals surface area contributed by atoms with Crippen LogP contribution < -0.4 is 14.8 Å². The molecule has 0 bridgehead atoms. The lowest BCUT2D eigenvalue weighted by Gasteiger charge is -2.08. The molecule has 0 atom stereocenters. The normalized spacial score (nSPS) is 10.7. The number of rotatable bonds is 8. The molecule has 8 nitrogen and oxygen atoms in total. The number of aromatic amines is 1. The molecule has 1 amide bonds. The largest absolute Gasteiger partial charge is 0.497 e. The van der Waals surface area contributed by atoms with Crippen LogP contribution in [0.25, 0.3) is 11.3 Å². The van der Waals surface area contributed by atoms with Gasteiger partial charge in [0.05, 0.1) is 14.2 Å². The van der Waals surface area contributed by atoms with E-state index in [9.17, 15) is 4.79 Å². The lowest BCUT2D eigenvalue weighted by Crippen LogP contribution is -2.13. The maximum atomic E-state index is 12.9. The van der Waals surface area contributed by atoms with Gasteiger partial charge < -0.3 is 19.3 Å². The van der Waals surface area contributed by atoms with Gasteiger partial charge in [-0.2, -0.15) is 5.10 Å². The molecule has 0 aliphatic rings. The van der Waals surface area contributed by atoms with Gasteiger partial charge in [-0.3, -0.25) is 9.89 Å². The first-order valence-electron chi connectivity index (χ1n) is 10.2. The summed E-state index contributed by atoms with van der Waals surface area (Å²) in [4.78, 5) is 12.9. The zero-order valence-corrected chi connectivity index (χ0v) is 18.1. The number of methoxy groups -OCH3 is 2. The lowest BCUT2D eigenvalue weighted by atomic mass is 10.1. The van der Waals surface area contributed by atoms with E-state index in [4.69, 9.17) is 14.0 Å². The van der Waals surface area contributed by atoms with Crippen LogP contribution >= 0.6 is 0 Å². The molecule has 2 aromatic carbocycles. The smallest absolute Gasteiger partial charge is 0.262 e. The van der Waals surface area contributed by atoms with Crippen molar-refractivity contribution >= 4 is 11.7 Å². The van der Waals surface area contributed by atoms with Crippen LogP contribution in [0.4, 0.5) is 5.82 Å². The first kappa shape index (κ1) is 21.2. The number of ether oxygens (including phenoxy) is 2. The van der Waals surface area contributed by atoms with Crippen LogP contribution in [-0.2, 0) is 12.8 Å². The number of hydrogen-bond acceptors (Lipinski definition) is 6. The van der Waals surface area contributed by atoms with Crippen molar-refractivity contribution in [1.82, 2.24) is 15.4 Å². The van der Waals surface area contributed by atoms with E-state index in [1.807, 2.05) is 54.6 Å². The number of amides is 1. The van der Waals surface area contributed by atoms with E-state index >= 15 is 0 Å². The third-order valence-corrected chi connectivity index (χ3v) is 5.10. The Bertz CT molecular complexity index is 1190. The predicted molar refractivity (Wildman–Crippen MR) is 120 cm³/mol. The van der Waals surface area contributed by atoms with E-state index in [1.165, 1.54) is 0 Å². The Balaban J connectivity index is 1.44. The van der Waals surface area contributed by atoms with Crippen LogP contribution in [0, 0.1) is 6.92 Å². The van der Waals surface area contributed by atoms with Gasteiger partial charge in [0.2, 0.25) is 0 Å². The molecular weight excluding hydrogens is 408 g/mol. The van der Waals surface area contributed by atoms with Crippen molar-refractivity contribution in [1.29, 1.82) is 0 Å². The predicted octanol–water partition coefficient (Wildman–Crippen LogP) is 4.43. The Morgan fingerprint density at radius 1 is 1.03 bits per heavy atom. The number of aromatic nitrogens is 3. The van der Waals surface area contributed by atoms with Gasteiger partial charge in [-0.1, -0.05) is 35.5 Å². The number of nitrogens with one attached hydrogen (secondary N) is 2. The first-order valence-corrected chi connectivity index (χ1v) is 10.2. The van der Waals surface area contributed by atoms with Crippen molar-refractivity contribution in [2.45, 2.75) is 19.8 Å². The first-order chi connectivity index (χ1) is 15.6. The van der Waals surface area contributed by atoms with Crippen molar-refractivity contribution in [3.63, 3.8) is 0 Å². The highest BCUT2D eigenvalue weighted by atomic mass is 16.5. The molecule has 8 heteroatoms. The summed E-state index contributed by atoms with van der Waals surface area (Å²) in [7, 11) is 3.26. The van der Waals surface area contributed by atoms with Crippen molar-refractivity contribution < 1.29 is 18.8 Å². The third-order valence-electron chi connectivity index (χ3n) is 5.10. The van der Waals surface area contributed by atoms with E-state index in [1.54, 1.807) is 21.1 Å². The summed E-state index contributed by atoms with van der Waals surface area (Å²) in [5.74, 6) is 2.06. The number of nitrogens with zero attached hydrogens (tertiary/aromatic N) is 2. The number of carbonyl (C=O) groups excluding carboxylic acids is 1. The molecular formula is C24H24N4O4. The highest BCUT2D eigenvalue weighted by Crippen LogP contribution is 2.26. The molecule has 4 rings (SSSR count). The molecule has 0 fully saturated rings. The Morgan fingerprint density at radius 2 is 1.75 bits per heavy atom. The maximum absolute atomic E-state index is 12.9. The van der Waals surface area contributed by atoms with E-state index in [0.717, 1.165) is 34.7 Å². The molecule has 0 saturated heterocycles. The van der Waals surface area contributed by atoms with Gasteiger partial charge in [0.1, 0.15) is 28.5 Å². The number of aryl methyl sites for hydroxylation is 3. The molecule has 0 spiro atoms. The van der Waals surface area contributed by atoms with Crippen LogP contribution in [0.3, 0.4) is 0 Å². The average Bonchev–Trinajstić information content (AvgIpc) is 3.44. The van der Waals surface area contributed by atoms with Gasteiger partial charge in [0.25, 0.3) is 5.91 Å². The Labute approximate surface area is 185 Å². The van der Waals surface area contributed by atoms with Gasteiger partial charge >= 0.3 is 0 Å². The van der Waals surface area contributed by atoms with Crippen LogP contribution in [0.5, 0.6) is 11.5 Å². The quantitative estimate of drug-likeness (QED) is 0.427. The van der Waals surface area contributed by atoms with Crippen LogP contribution in [0.2, 0.25) is 0 Å². The van der Waals surface area contributed by atoms with Crippen molar-refractivity contribution in [2.75, 3.05) is 19.5 Å². The Kier molecular flexibility index (Phi) is 6.21. The second kappa shape index (κ2) is 9.38. The number of anilines is 1. The molecule has 164 valence electrons. The second-order valence-electron chi connectivity index (χ2n) is 7.28. The molecule has 0 aliphatic heterocycles. The summed E-state index contributed by atoms with van der Waals surface area (Å²) >= 11 is 0. The molecule has 2 N–H and O–H groups in total. The zero-order chi connectivity index (χ0) is 22.5. The molecule has 2 heterocycles. The Hall–Kier alpha value is -4.07. The lowest BCUT2D eigenvalue weighted by molar-refractivity contribution is 0.102. The minimum Gasteiger partial charge on any atom is -0.497 e. The fourth-order valence-electron chi connectivity index (χ4n) is 3.45. The number of carbonyl (C=O) groups is 1. The van der Waals surface area contributed by atoms with Crippen LogP contribution in [-0.4, -0.2) is 35.5 Å². The van der Waals surface area contributed by atoms with Crippen LogP contribution in [0.1, 0.15) is 27.4 Å². The molecule has 32 heavy (non-hydrogen) atoms. The molecule has 0 unspecified atom stereocenters. The molecule has 4 aromatic rings. The number of hydrogen-bond donors (Lipinski definition) is 2. The van der Waals surface area contributed by atoms with Gasteiger partial charge in [0.15, 0.2) is 5.82 Å². The van der Waals surface area contributed by atoms with Gasteiger partial charge in [-0.25, -0.2) is 0 Å². The third kappa shape index (κ3) is 4.64. The minimum absolute atomic E-state index is 0.321. The van der Waals surface area contributed by atoms with E-state index in [2.05, 4.69) is 20.7 Å². The van der Waals surface area contributed by atoms with Crippen molar-refractivity contribution in [3.8, 4) is 22.8 Å². The summed E-state index contributed by atoms with van der Waals surface area (Å²) in [6.45, 7) is 1.72. The number of H-pyrrole nitrogens is 1. The van der Waals surface area contributed by atoms with E-state index in [-0.39, 0.29) is 5.91 Å². The second-order valence-corrected chi connectivity index (χ2v) is 7.28. The Morgan fingerprint density at radius 3 is 2.44 bits per heavy atom. The van der Waals surface area contributed by atoms with Crippen molar-refractivity contribution in [3.05, 3.63) is 77.2 Å². The topological polar surface area (TPSA) is 102 Å². The van der Waals surface area contributed by atoms with E-state index in [0.29, 0.717) is 29.3 Å². The van der Waals surface area contributed by atoms with Gasteiger partial charge in [0, 0.05) is 23.4 Å². The summed E-state index contributed by atoms with van der Waals surface area (Å²) in [5, 5.41) is 14.1. The molecule has 0 radical (unpaired) electrons. The average molecular weight is 432 g/mol. The van der Waals surface area contributed by atoms with E-state index < -0.39 is 0 Å². The highest BCUT2D eigenvalue weighted by Gasteiger charge is 2.22. The van der Waals surface area contributed by atoms with Crippen molar-refractivity contribution in [2.24, 2.45) is 0 Å². The molecule has 2 aromatic heterocycles. The summed E-state index contributed by atoms with van der Waals surface area (Å²) in [6.07, 6.45) is 1.47.